The number of nitrogens with one attached hydrogen (secondary N) is 1. The van der Waals surface area contributed by atoms with E-state index in [0.29, 0.717) is 0 Å². The van der Waals surface area contributed by atoms with Gasteiger partial charge >= 0.3 is 0 Å². The fourth-order valence-electron chi connectivity index (χ4n) is 1.88. The predicted octanol–water partition coefficient (Wildman–Crippen LogP) is 2.70. The second kappa shape index (κ2) is 5.02. The average Bonchev–Trinajstić information content (AvgIpc) is 2.72. The second-order valence-corrected chi connectivity index (χ2v) is 5.81. The SMILES string of the molecule is Cc1cc(CNCc2cn(C)nc2C)sc1C. The number of aromatic nitrogens is 2. The first kappa shape index (κ1) is 12.3. The van der Waals surface area contributed by atoms with Crippen molar-refractivity contribution in [1.29, 1.82) is 0 Å². The van der Waals surface area contributed by atoms with Crippen LogP contribution in [0.1, 0.15) is 26.6 Å². The molecule has 3 nitrogen and oxygen atoms in total. The van der Waals surface area contributed by atoms with Gasteiger partial charge in [-0.25, -0.2) is 0 Å². The largest absolute Gasteiger partial charge is 0.308 e. The first-order chi connectivity index (χ1) is 8.06. The van der Waals surface area contributed by atoms with Crippen LogP contribution in [-0.4, -0.2) is 9.78 Å². The van der Waals surface area contributed by atoms with E-state index in [1.807, 2.05) is 23.1 Å². The molecule has 0 aliphatic rings. The normalized spacial score (nSPS) is 11.1. The lowest BCUT2D eigenvalue weighted by Crippen LogP contribution is -2.11. The van der Waals surface area contributed by atoms with Gasteiger partial charge in [0, 0.05) is 41.7 Å². The summed E-state index contributed by atoms with van der Waals surface area (Å²) in [4.78, 5) is 2.82. The van der Waals surface area contributed by atoms with Crippen molar-refractivity contribution in [3.05, 3.63) is 38.8 Å². The van der Waals surface area contributed by atoms with Crippen LogP contribution in [0.5, 0.6) is 0 Å². The molecule has 0 radical (unpaired) electrons. The summed E-state index contributed by atoms with van der Waals surface area (Å²) in [6.45, 7) is 8.22. The minimum Gasteiger partial charge on any atom is -0.308 e. The molecule has 92 valence electrons. The van der Waals surface area contributed by atoms with Crippen molar-refractivity contribution in [3.8, 4) is 0 Å². The van der Waals surface area contributed by atoms with Crippen LogP contribution in [0.4, 0.5) is 0 Å². The lowest BCUT2D eigenvalue weighted by atomic mass is 10.2. The Kier molecular flexibility index (Phi) is 3.64. The summed E-state index contributed by atoms with van der Waals surface area (Å²) in [7, 11) is 1.96. The van der Waals surface area contributed by atoms with E-state index in [1.165, 1.54) is 20.9 Å². The summed E-state index contributed by atoms with van der Waals surface area (Å²) in [6.07, 6.45) is 2.08. The third-order valence-corrected chi connectivity index (χ3v) is 4.10. The number of hydrogen-bond acceptors (Lipinski definition) is 3. The Balaban J connectivity index is 1.89. The molecule has 2 heterocycles. The van der Waals surface area contributed by atoms with Crippen LogP contribution in [0.3, 0.4) is 0 Å². The van der Waals surface area contributed by atoms with Gasteiger partial charge in [0.25, 0.3) is 0 Å². The van der Waals surface area contributed by atoms with Crippen LogP contribution >= 0.6 is 11.3 Å². The Labute approximate surface area is 106 Å². The average molecular weight is 249 g/mol. The molecule has 1 N–H and O–H groups in total. The third-order valence-electron chi connectivity index (χ3n) is 2.95. The maximum Gasteiger partial charge on any atom is 0.0638 e. The highest BCUT2D eigenvalue weighted by Gasteiger charge is 2.04. The van der Waals surface area contributed by atoms with Crippen molar-refractivity contribution in [3.63, 3.8) is 0 Å². The fourth-order valence-corrected chi connectivity index (χ4v) is 2.90. The molecule has 2 aromatic heterocycles. The van der Waals surface area contributed by atoms with Crippen molar-refractivity contribution in [2.24, 2.45) is 7.05 Å². The van der Waals surface area contributed by atoms with Gasteiger partial charge in [-0.05, 0) is 32.4 Å². The summed E-state index contributed by atoms with van der Waals surface area (Å²) in [5, 5.41) is 7.80. The standard InChI is InChI=1S/C13H19N3S/c1-9-5-13(17-11(9)3)7-14-6-12-8-16(4)15-10(12)2/h5,8,14H,6-7H2,1-4H3. The molecular formula is C13H19N3S. The molecule has 0 aliphatic heterocycles. The highest BCUT2D eigenvalue weighted by Crippen LogP contribution is 2.20. The lowest BCUT2D eigenvalue weighted by Gasteiger charge is -2.01. The molecule has 0 fully saturated rings. The van der Waals surface area contributed by atoms with Gasteiger partial charge in [0.2, 0.25) is 0 Å². The lowest BCUT2D eigenvalue weighted by molar-refractivity contribution is 0.697. The van der Waals surface area contributed by atoms with Crippen molar-refractivity contribution in [2.45, 2.75) is 33.9 Å². The van der Waals surface area contributed by atoms with Gasteiger partial charge in [-0.1, -0.05) is 0 Å². The van der Waals surface area contributed by atoms with E-state index in [-0.39, 0.29) is 0 Å². The predicted molar refractivity (Wildman–Crippen MR) is 72.3 cm³/mol. The topological polar surface area (TPSA) is 29.9 Å². The van der Waals surface area contributed by atoms with Crippen molar-refractivity contribution in [1.82, 2.24) is 15.1 Å². The van der Waals surface area contributed by atoms with Gasteiger partial charge in [-0.3, -0.25) is 4.68 Å². The number of nitrogens with zero attached hydrogens (tertiary/aromatic N) is 2. The Hall–Kier alpha value is -1.13. The van der Waals surface area contributed by atoms with Gasteiger partial charge in [0.1, 0.15) is 0 Å². The van der Waals surface area contributed by atoms with Crippen molar-refractivity contribution in [2.75, 3.05) is 0 Å². The van der Waals surface area contributed by atoms with Crippen molar-refractivity contribution < 1.29 is 0 Å². The molecule has 0 atom stereocenters. The van der Waals surface area contributed by atoms with Crippen LogP contribution in [0.15, 0.2) is 12.3 Å². The molecule has 0 amide bonds. The van der Waals surface area contributed by atoms with Crippen LogP contribution in [0, 0.1) is 20.8 Å². The smallest absolute Gasteiger partial charge is 0.0638 e. The summed E-state index contributed by atoms with van der Waals surface area (Å²) >= 11 is 1.88. The molecule has 0 aliphatic carbocycles. The van der Waals surface area contributed by atoms with E-state index in [9.17, 15) is 0 Å². The number of aryl methyl sites for hydroxylation is 4. The Morgan fingerprint density at radius 3 is 2.59 bits per heavy atom. The minimum absolute atomic E-state index is 0.885. The van der Waals surface area contributed by atoms with Crippen LogP contribution in [-0.2, 0) is 20.1 Å². The van der Waals surface area contributed by atoms with E-state index < -0.39 is 0 Å². The zero-order valence-electron chi connectivity index (χ0n) is 10.9. The molecule has 0 spiro atoms. The Bertz CT molecular complexity index is 491. The molecule has 4 heteroatoms. The van der Waals surface area contributed by atoms with E-state index in [2.05, 4.69) is 43.4 Å². The molecule has 2 rings (SSSR count). The zero-order valence-corrected chi connectivity index (χ0v) is 11.7. The minimum atomic E-state index is 0.885. The quantitative estimate of drug-likeness (QED) is 0.903. The van der Waals surface area contributed by atoms with E-state index in [4.69, 9.17) is 0 Å². The van der Waals surface area contributed by atoms with E-state index in [0.717, 1.165) is 18.8 Å². The van der Waals surface area contributed by atoms with Crippen molar-refractivity contribution >= 4 is 11.3 Å². The first-order valence-electron chi connectivity index (χ1n) is 5.82. The van der Waals surface area contributed by atoms with E-state index >= 15 is 0 Å². The molecular weight excluding hydrogens is 230 g/mol. The molecule has 0 aromatic carbocycles. The third kappa shape index (κ3) is 2.96. The molecule has 0 bridgehead atoms. The summed E-state index contributed by atoms with van der Waals surface area (Å²) < 4.78 is 1.87. The number of rotatable bonds is 4. The molecule has 17 heavy (non-hydrogen) atoms. The van der Waals surface area contributed by atoms with Gasteiger partial charge in [-0.2, -0.15) is 5.10 Å². The molecule has 0 saturated carbocycles. The highest BCUT2D eigenvalue weighted by molar-refractivity contribution is 7.12. The Morgan fingerprint density at radius 2 is 2.06 bits per heavy atom. The van der Waals surface area contributed by atoms with Gasteiger partial charge in [-0.15, -0.1) is 11.3 Å². The van der Waals surface area contributed by atoms with Gasteiger partial charge in [0.15, 0.2) is 0 Å². The molecule has 0 saturated heterocycles. The van der Waals surface area contributed by atoms with Crippen LogP contribution in [0.2, 0.25) is 0 Å². The maximum atomic E-state index is 4.33. The van der Waals surface area contributed by atoms with E-state index in [1.54, 1.807) is 0 Å². The molecule has 0 unspecified atom stereocenters. The summed E-state index contributed by atoms with van der Waals surface area (Å²) in [6, 6.07) is 2.27. The van der Waals surface area contributed by atoms with Gasteiger partial charge in [0.05, 0.1) is 5.69 Å². The van der Waals surface area contributed by atoms with Crippen LogP contribution < -0.4 is 5.32 Å². The first-order valence-corrected chi connectivity index (χ1v) is 6.63. The monoisotopic (exact) mass is 249 g/mol. The highest BCUT2D eigenvalue weighted by atomic mass is 32.1. The number of thiophene rings is 1. The zero-order chi connectivity index (χ0) is 12.4. The van der Waals surface area contributed by atoms with Gasteiger partial charge < -0.3 is 5.32 Å². The maximum absolute atomic E-state index is 4.33. The summed E-state index contributed by atoms with van der Waals surface area (Å²) in [5.74, 6) is 0. The molecule has 2 aromatic rings. The second-order valence-electron chi connectivity index (χ2n) is 4.47. The Morgan fingerprint density at radius 1 is 1.29 bits per heavy atom. The van der Waals surface area contributed by atoms with Crippen LogP contribution in [0.25, 0.3) is 0 Å². The summed E-state index contributed by atoms with van der Waals surface area (Å²) in [5.41, 5.74) is 3.78. The number of hydrogen-bond donors (Lipinski definition) is 1. The fraction of sp³-hybridized carbons (Fsp3) is 0.462.